The van der Waals surface area contributed by atoms with E-state index in [4.69, 9.17) is 11.6 Å². The zero-order valence-electron chi connectivity index (χ0n) is 7.62. The minimum atomic E-state index is -0.402. The predicted molar refractivity (Wildman–Crippen MR) is 60.4 cm³/mol. The molecule has 2 rings (SSSR count). The van der Waals surface area contributed by atoms with Crippen molar-refractivity contribution in [3.8, 4) is 0 Å². The fourth-order valence-corrected chi connectivity index (χ4v) is 1.78. The molecule has 0 amide bonds. The van der Waals surface area contributed by atoms with Gasteiger partial charge in [0, 0.05) is 6.20 Å². The van der Waals surface area contributed by atoms with Gasteiger partial charge in [-0.3, -0.25) is 4.68 Å². The fourth-order valence-electron chi connectivity index (χ4n) is 1.27. The summed E-state index contributed by atoms with van der Waals surface area (Å²) in [7, 11) is 0. The summed E-state index contributed by atoms with van der Waals surface area (Å²) in [4.78, 5) is 0. The van der Waals surface area contributed by atoms with Gasteiger partial charge < -0.3 is 0 Å². The molecule has 0 fully saturated rings. The van der Waals surface area contributed by atoms with Gasteiger partial charge in [-0.05, 0) is 27.6 Å². The van der Waals surface area contributed by atoms with Crippen LogP contribution in [0.5, 0.6) is 0 Å². The van der Waals surface area contributed by atoms with Crippen molar-refractivity contribution in [3.63, 3.8) is 0 Å². The second-order valence-electron chi connectivity index (χ2n) is 3.07. The number of nitrogens with zero attached hydrogens (tertiary/aromatic N) is 2. The molecule has 0 unspecified atom stereocenters. The maximum Gasteiger partial charge on any atom is 0.142 e. The minimum absolute atomic E-state index is 0.157. The Hall–Kier alpha value is -0.870. The average Bonchev–Trinajstić information content (AvgIpc) is 2.59. The largest absolute Gasteiger partial charge is 0.267 e. The molecule has 0 aliphatic carbocycles. The van der Waals surface area contributed by atoms with E-state index in [-0.39, 0.29) is 5.02 Å². The molecular formula is C10H7BrClFN2. The van der Waals surface area contributed by atoms with E-state index in [1.807, 2.05) is 0 Å². The summed E-state index contributed by atoms with van der Waals surface area (Å²) >= 11 is 9.11. The van der Waals surface area contributed by atoms with E-state index in [0.29, 0.717) is 12.1 Å². The Balaban J connectivity index is 2.28. The Bertz CT molecular complexity index is 484. The van der Waals surface area contributed by atoms with Crippen LogP contribution in [0.15, 0.2) is 35.1 Å². The highest BCUT2D eigenvalue weighted by molar-refractivity contribution is 9.10. The third kappa shape index (κ3) is 2.38. The molecule has 0 saturated carbocycles. The van der Waals surface area contributed by atoms with Crippen LogP contribution < -0.4 is 0 Å². The molecule has 15 heavy (non-hydrogen) atoms. The van der Waals surface area contributed by atoms with E-state index < -0.39 is 5.82 Å². The highest BCUT2D eigenvalue weighted by Gasteiger charge is 2.06. The summed E-state index contributed by atoms with van der Waals surface area (Å²) in [6, 6.07) is 4.75. The Labute approximate surface area is 99.8 Å². The molecule has 0 aliphatic heterocycles. The molecule has 1 aromatic carbocycles. The Morgan fingerprint density at radius 2 is 2.27 bits per heavy atom. The standard InChI is InChI=1S/C10H7BrClFN2/c11-8-4-14-15(6-8)5-7-2-1-3-9(13)10(7)12/h1-4,6H,5H2. The first kappa shape index (κ1) is 10.6. The first-order valence-electron chi connectivity index (χ1n) is 4.27. The van der Waals surface area contributed by atoms with Crippen LogP contribution in [0.3, 0.4) is 0 Å². The quantitative estimate of drug-likeness (QED) is 0.827. The van der Waals surface area contributed by atoms with Crippen molar-refractivity contribution in [3.05, 3.63) is 51.5 Å². The van der Waals surface area contributed by atoms with Crippen molar-refractivity contribution in [1.29, 1.82) is 0 Å². The van der Waals surface area contributed by atoms with E-state index in [0.717, 1.165) is 4.47 Å². The Morgan fingerprint density at radius 3 is 2.93 bits per heavy atom. The Kier molecular flexibility index (Phi) is 3.07. The molecule has 0 saturated heterocycles. The van der Waals surface area contributed by atoms with E-state index in [2.05, 4.69) is 21.0 Å². The van der Waals surface area contributed by atoms with Crippen molar-refractivity contribution >= 4 is 27.5 Å². The van der Waals surface area contributed by atoms with Crippen molar-refractivity contribution in [2.75, 3.05) is 0 Å². The summed E-state index contributed by atoms with van der Waals surface area (Å²) in [5, 5.41) is 4.23. The third-order valence-electron chi connectivity index (χ3n) is 1.97. The molecule has 78 valence electrons. The second kappa shape index (κ2) is 4.33. The lowest BCUT2D eigenvalue weighted by atomic mass is 10.2. The number of rotatable bonds is 2. The summed E-state index contributed by atoms with van der Waals surface area (Å²) < 4.78 is 15.7. The lowest BCUT2D eigenvalue weighted by Crippen LogP contribution is -2.01. The van der Waals surface area contributed by atoms with Crippen LogP contribution >= 0.6 is 27.5 Å². The average molecular weight is 290 g/mol. The van der Waals surface area contributed by atoms with Crippen LogP contribution in [0.25, 0.3) is 0 Å². The maximum atomic E-state index is 13.1. The number of hydrogen-bond donors (Lipinski definition) is 0. The highest BCUT2D eigenvalue weighted by Crippen LogP contribution is 2.20. The van der Waals surface area contributed by atoms with Crippen LogP contribution in [0, 0.1) is 5.82 Å². The van der Waals surface area contributed by atoms with E-state index in [1.54, 1.807) is 29.2 Å². The third-order valence-corrected chi connectivity index (χ3v) is 2.80. The van der Waals surface area contributed by atoms with Gasteiger partial charge in [0.15, 0.2) is 0 Å². The summed E-state index contributed by atoms with van der Waals surface area (Å²) in [6.45, 7) is 0.461. The smallest absolute Gasteiger partial charge is 0.142 e. The minimum Gasteiger partial charge on any atom is -0.267 e. The van der Waals surface area contributed by atoms with Crippen LogP contribution in [0.1, 0.15) is 5.56 Å². The van der Waals surface area contributed by atoms with Gasteiger partial charge in [0.2, 0.25) is 0 Å². The molecule has 1 aromatic heterocycles. The summed E-state index contributed by atoms with van der Waals surface area (Å²) in [5.41, 5.74) is 0.715. The van der Waals surface area contributed by atoms with Crippen LogP contribution in [-0.4, -0.2) is 9.78 Å². The zero-order valence-corrected chi connectivity index (χ0v) is 9.96. The monoisotopic (exact) mass is 288 g/mol. The normalized spacial score (nSPS) is 10.6. The molecule has 0 bridgehead atoms. The van der Waals surface area contributed by atoms with Crippen molar-refractivity contribution in [1.82, 2.24) is 9.78 Å². The van der Waals surface area contributed by atoms with Crippen LogP contribution in [0.2, 0.25) is 5.02 Å². The van der Waals surface area contributed by atoms with Crippen molar-refractivity contribution < 1.29 is 4.39 Å². The maximum absolute atomic E-state index is 13.1. The Morgan fingerprint density at radius 1 is 1.47 bits per heavy atom. The van der Waals surface area contributed by atoms with Gasteiger partial charge >= 0.3 is 0 Å². The summed E-state index contributed by atoms with van der Waals surface area (Å²) in [6.07, 6.45) is 3.48. The first-order valence-corrected chi connectivity index (χ1v) is 5.45. The fraction of sp³-hybridized carbons (Fsp3) is 0.100. The molecule has 0 spiro atoms. The van der Waals surface area contributed by atoms with Crippen molar-refractivity contribution in [2.24, 2.45) is 0 Å². The first-order chi connectivity index (χ1) is 7.16. The van der Waals surface area contributed by atoms with Crippen LogP contribution in [0.4, 0.5) is 4.39 Å². The molecule has 2 aromatic rings. The van der Waals surface area contributed by atoms with Crippen LogP contribution in [-0.2, 0) is 6.54 Å². The van der Waals surface area contributed by atoms with Gasteiger partial charge in [0.25, 0.3) is 0 Å². The molecule has 5 heteroatoms. The number of aromatic nitrogens is 2. The molecule has 0 radical (unpaired) electrons. The molecular weight excluding hydrogens is 282 g/mol. The lowest BCUT2D eigenvalue weighted by molar-refractivity contribution is 0.620. The molecule has 0 N–H and O–H groups in total. The van der Waals surface area contributed by atoms with Gasteiger partial charge in [-0.15, -0.1) is 0 Å². The van der Waals surface area contributed by atoms with Gasteiger partial charge in [0.05, 0.1) is 22.2 Å². The number of benzene rings is 1. The SMILES string of the molecule is Fc1cccc(Cn2cc(Br)cn2)c1Cl. The molecule has 0 atom stereocenters. The van der Waals surface area contributed by atoms with Gasteiger partial charge in [-0.25, -0.2) is 4.39 Å². The highest BCUT2D eigenvalue weighted by atomic mass is 79.9. The lowest BCUT2D eigenvalue weighted by Gasteiger charge is -2.04. The molecule has 0 aliphatic rings. The zero-order chi connectivity index (χ0) is 10.8. The predicted octanol–water partition coefficient (Wildman–Crippen LogP) is 3.49. The molecule has 1 heterocycles. The second-order valence-corrected chi connectivity index (χ2v) is 4.36. The number of hydrogen-bond acceptors (Lipinski definition) is 1. The van der Waals surface area contributed by atoms with Gasteiger partial charge in [-0.1, -0.05) is 23.7 Å². The topological polar surface area (TPSA) is 17.8 Å². The molecule has 2 nitrogen and oxygen atoms in total. The van der Waals surface area contributed by atoms with Gasteiger partial charge in [0.1, 0.15) is 5.82 Å². The van der Waals surface area contributed by atoms with Crippen molar-refractivity contribution in [2.45, 2.75) is 6.54 Å². The van der Waals surface area contributed by atoms with Gasteiger partial charge in [-0.2, -0.15) is 5.10 Å². The number of halogens is 3. The van der Waals surface area contributed by atoms with E-state index >= 15 is 0 Å². The summed E-state index contributed by atoms with van der Waals surface area (Å²) in [5.74, 6) is -0.402. The van der Waals surface area contributed by atoms with E-state index in [1.165, 1.54) is 6.07 Å². The van der Waals surface area contributed by atoms with E-state index in [9.17, 15) is 4.39 Å².